The Morgan fingerprint density at radius 3 is 2.82 bits per heavy atom. The van der Waals surface area contributed by atoms with Crippen LogP contribution in [0.25, 0.3) is 6.08 Å². The summed E-state index contributed by atoms with van der Waals surface area (Å²) in [6, 6.07) is 3.80. The molecule has 0 aliphatic heterocycles. The number of aldehydes is 1. The number of hydrogen-bond acceptors (Lipinski definition) is 3. The highest BCUT2D eigenvalue weighted by Crippen LogP contribution is 2.07. The number of nitrogens with zero attached hydrogens (tertiary/aromatic N) is 3. The van der Waals surface area contributed by atoms with Gasteiger partial charge in [0.05, 0.1) is 18.6 Å². The maximum atomic E-state index is 10.2. The minimum absolute atomic E-state index is 0.475. The van der Waals surface area contributed by atoms with Crippen LogP contribution in [0.5, 0.6) is 0 Å². The summed E-state index contributed by atoms with van der Waals surface area (Å²) in [6.45, 7) is 0.671. The Labute approximate surface area is 104 Å². The second-order valence-corrected chi connectivity index (χ2v) is 3.84. The molecule has 2 aromatic heterocycles. The number of imidazole rings is 1. The molecule has 0 aromatic carbocycles. The summed E-state index contributed by atoms with van der Waals surface area (Å²) in [6.07, 6.45) is 8.98. The second-order valence-electron chi connectivity index (χ2n) is 3.46. The predicted octanol–water partition coefficient (Wildman–Crippen LogP) is 2.19. The first-order valence-electron chi connectivity index (χ1n) is 5.02. The van der Waals surface area contributed by atoms with Gasteiger partial charge in [0.1, 0.15) is 11.4 Å². The SMILES string of the molecule is O=C/C=C/c1ccc(Cn2cnc(Cl)c2)cn1. The van der Waals surface area contributed by atoms with Crippen molar-refractivity contribution in [3.8, 4) is 0 Å². The lowest BCUT2D eigenvalue weighted by molar-refractivity contribution is -0.104. The number of carbonyl (C=O) groups is 1. The third kappa shape index (κ3) is 3.26. The average Bonchev–Trinajstić information content (AvgIpc) is 2.74. The normalized spacial score (nSPS) is 10.9. The van der Waals surface area contributed by atoms with Gasteiger partial charge in [-0.2, -0.15) is 0 Å². The van der Waals surface area contributed by atoms with Crippen LogP contribution in [0.2, 0.25) is 5.15 Å². The zero-order valence-electron chi connectivity index (χ0n) is 8.95. The highest BCUT2D eigenvalue weighted by molar-refractivity contribution is 6.29. The van der Waals surface area contributed by atoms with E-state index in [1.165, 1.54) is 6.08 Å². The number of halogens is 1. The molecular formula is C12H10ClN3O. The van der Waals surface area contributed by atoms with Crippen LogP contribution in [0.1, 0.15) is 11.3 Å². The fourth-order valence-corrected chi connectivity index (χ4v) is 1.57. The lowest BCUT2D eigenvalue weighted by Crippen LogP contribution is -1.97. The first kappa shape index (κ1) is 11.5. The molecule has 0 spiro atoms. The number of carbonyl (C=O) groups excluding carboxylic acids is 1. The first-order valence-corrected chi connectivity index (χ1v) is 5.40. The molecule has 17 heavy (non-hydrogen) atoms. The van der Waals surface area contributed by atoms with Crippen molar-refractivity contribution in [2.24, 2.45) is 0 Å². The molecule has 2 aromatic rings. The van der Waals surface area contributed by atoms with Gasteiger partial charge < -0.3 is 4.57 Å². The average molecular weight is 248 g/mol. The second kappa shape index (κ2) is 5.41. The molecule has 2 rings (SSSR count). The van der Waals surface area contributed by atoms with Crippen molar-refractivity contribution in [3.63, 3.8) is 0 Å². The molecule has 0 aliphatic carbocycles. The molecule has 0 fully saturated rings. The van der Waals surface area contributed by atoms with E-state index in [2.05, 4.69) is 9.97 Å². The van der Waals surface area contributed by atoms with E-state index < -0.39 is 0 Å². The van der Waals surface area contributed by atoms with Gasteiger partial charge in [-0.05, 0) is 23.8 Å². The van der Waals surface area contributed by atoms with Crippen molar-refractivity contribution in [2.75, 3.05) is 0 Å². The molecule has 2 heterocycles. The molecule has 4 nitrogen and oxygen atoms in total. The summed E-state index contributed by atoms with van der Waals surface area (Å²) in [5, 5.41) is 0.475. The van der Waals surface area contributed by atoms with Crippen LogP contribution < -0.4 is 0 Å². The molecule has 0 unspecified atom stereocenters. The third-order valence-electron chi connectivity index (χ3n) is 2.16. The van der Waals surface area contributed by atoms with Crippen molar-refractivity contribution in [3.05, 3.63) is 53.3 Å². The Kier molecular flexibility index (Phi) is 3.67. The fourth-order valence-electron chi connectivity index (χ4n) is 1.40. The Morgan fingerprint density at radius 2 is 2.24 bits per heavy atom. The van der Waals surface area contributed by atoms with Gasteiger partial charge in [0.2, 0.25) is 0 Å². The third-order valence-corrected chi connectivity index (χ3v) is 2.36. The van der Waals surface area contributed by atoms with Gasteiger partial charge in [0, 0.05) is 12.4 Å². The topological polar surface area (TPSA) is 47.8 Å². The largest absolute Gasteiger partial charge is 0.331 e. The first-order chi connectivity index (χ1) is 8.28. The van der Waals surface area contributed by atoms with Crippen LogP contribution in [0.15, 0.2) is 36.9 Å². The maximum Gasteiger partial charge on any atom is 0.146 e. The summed E-state index contributed by atoms with van der Waals surface area (Å²) < 4.78 is 1.88. The number of allylic oxidation sites excluding steroid dienone is 1. The van der Waals surface area contributed by atoms with Gasteiger partial charge in [-0.15, -0.1) is 0 Å². The molecule has 0 N–H and O–H groups in total. The van der Waals surface area contributed by atoms with Crippen LogP contribution >= 0.6 is 11.6 Å². The summed E-state index contributed by atoms with van der Waals surface area (Å²) in [5.41, 5.74) is 1.80. The van der Waals surface area contributed by atoms with Crippen molar-refractivity contribution >= 4 is 24.0 Å². The Balaban J connectivity index is 2.07. The summed E-state index contributed by atoms with van der Waals surface area (Å²) in [7, 11) is 0. The van der Waals surface area contributed by atoms with Crippen LogP contribution in [0.3, 0.4) is 0 Å². The quantitative estimate of drug-likeness (QED) is 0.615. The fraction of sp³-hybridized carbons (Fsp3) is 0.0833. The highest BCUT2D eigenvalue weighted by atomic mass is 35.5. The highest BCUT2D eigenvalue weighted by Gasteiger charge is 1.98. The van der Waals surface area contributed by atoms with Crippen LogP contribution in [0, 0.1) is 0 Å². The van der Waals surface area contributed by atoms with Crippen molar-refractivity contribution < 1.29 is 4.79 Å². The van der Waals surface area contributed by atoms with E-state index in [9.17, 15) is 4.79 Å². The molecule has 0 radical (unpaired) electrons. The van der Waals surface area contributed by atoms with E-state index in [4.69, 9.17) is 11.6 Å². The van der Waals surface area contributed by atoms with Gasteiger partial charge in [0.25, 0.3) is 0 Å². The van der Waals surface area contributed by atoms with E-state index in [0.29, 0.717) is 11.7 Å². The van der Waals surface area contributed by atoms with Gasteiger partial charge >= 0.3 is 0 Å². The van der Waals surface area contributed by atoms with Crippen molar-refractivity contribution in [1.82, 2.24) is 14.5 Å². The lowest BCUT2D eigenvalue weighted by Gasteiger charge is -2.01. The lowest BCUT2D eigenvalue weighted by atomic mass is 10.2. The summed E-state index contributed by atoms with van der Waals surface area (Å²) >= 11 is 5.72. The molecule has 0 saturated carbocycles. The van der Waals surface area contributed by atoms with E-state index in [1.807, 2.05) is 16.7 Å². The number of hydrogen-bond donors (Lipinski definition) is 0. The van der Waals surface area contributed by atoms with Crippen LogP contribution in [0.4, 0.5) is 0 Å². The molecule has 0 bridgehead atoms. The van der Waals surface area contributed by atoms with Gasteiger partial charge in [-0.25, -0.2) is 4.98 Å². The smallest absolute Gasteiger partial charge is 0.146 e. The molecule has 0 saturated heterocycles. The van der Waals surface area contributed by atoms with Crippen LogP contribution in [-0.4, -0.2) is 20.8 Å². The predicted molar refractivity (Wildman–Crippen MR) is 65.7 cm³/mol. The molecule has 5 heteroatoms. The number of aromatic nitrogens is 3. The number of rotatable bonds is 4. The standard InChI is InChI=1S/C12H10ClN3O/c13-12-8-16(9-15-12)7-10-3-4-11(14-6-10)2-1-5-17/h1-6,8-9H,7H2/b2-1+. The van der Waals surface area contributed by atoms with Crippen molar-refractivity contribution in [1.29, 1.82) is 0 Å². The molecule has 86 valence electrons. The minimum Gasteiger partial charge on any atom is -0.331 e. The van der Waals surface area contributed by atoms with E-state index in [-0.39, 0.29) is 0 Å². The molecule has 0 atom stereocenters. The van der Waals surface area contributed by atoms with Gasteiger partial charge in [-0.1, -0.05) is 17.7 Å². The number of pyridine rings is 1. The van der Waals surface area contributed by atoms with E-state index in [1.54, 1.807) is 24.8 Å². The maximum absolute atomic E-state index is 10.2. The zero-order chi connectivity index (χ0) is 12.1. The Hall–Kier alpha value is -1.94. The summed E-state index contributed by atoms with van der Waals surface area (Å²) in [4.78, 5) is 18.3. The monoisotopic (exact) mass is 247 g/mol. The molecule has 0 aliphatic rings. The van der Waals surface area contributed by atoms with E-state index >= 15 is 0 Å². The van der Waals surface area contributed by atoms with Gasteiger partial charge in [0.15, 0.2) is 0 Å². The van der Waals surface area contributed by atoms with Crippen LogP contribution in [-0.2, 0) is 11.3 Å². The summed E-state index contributed by atoms with van der Waals surface area (Å²) in [5.74, 6) is 0. The molecule has 0 amide bonds. The van der Waals surface area contributed by atoms with Gasteiger partial charge in [-0.3, -0.25) is 9.78 Å². The van der Waals surface area contributed by atoms with E-state index in [0.717, 1.165) is 17.5 Å². The zero-order valence-corrected chi connectivity index (χ0v) is 9.71. The Morgan fingerprint density at radius 1 is 1.35 bits per heavy atom. The molecular weight excluding hydrogens is 238 g/mol. The Bertz CT molecular complexity index is 531. The van der Waals surface area contributed by atoms with Crippen molar-refractivity contribution in [2.45, 2.75) is 6.54 Å². The minimum atomic E-state index is 0.475.